The van der Waals surface area contributed by atoms with Crippen LogP contribution in [0.15, 0.2) is 42.7 Å². The van der Waals surface area contributed by atoms with Gasteiger partial charge in [0.25, 0.3) is 0 Å². The van der Waals surface area contributed by atoms with Crippen molar-refractivity contribution >= 4 is 17.9 Å². The number of aryl methyl sites for hydroxylation is 1. The molecule has 9 nitrogen and oxygen atoms in total. The van der Waals surface area contributed by atoms with Gasteiger partial charge in [-0.2, -0.15) is 0 Å². The van der Waals surface area contributed by atoms with E-state index in [9.17, 15) is 23.2 Å². The number of carbonyl (C=O) groups is 3. The number of pyridine rings is 1. The summed E-state index contributed by atoms with van der Waals surface area (Å²) in [6.45, 7) is 5.39. The van der Waals surface area contributed by atoms with Gasteiger partial charge in [0.15, 0.2) is 11.5 Å². The van der Waals surface area contributed by atoms with E-state index in [1.807, 2.05) is 19.1 Å². The zero-order valence-corrected chi connectivity index (χ0v) is 18.2. The monoisotopic (exact) mass is 463 g/mol. The van der Waals surface area contributed by atoms with Crippen molar-refractivity contribution in [2.75, 3.05) is 6.61 Å². The second kappa shape index (κ2) is 9.80. The van der Waals surface area contributed by atoms with Gasteiger partial charge in [-0.15, -0.1) is 8.78 Å². The van der Waals surface area contributed by atoms with Crippen LogP contribution in [0.3, 0.4) is 0 Å². The average Bonchev–Trinajstić information content (AvgIpc) is 3.05. The predicted octanol–water partition coefficient (Wildman–Crippen LogP) is 3.33. The van der Waals surface area contributed by atoms with Gasteiger partial charge >= 0.3 is 18.3 Å². The lowest BCUT2D eigenvalue weighted by Crippen LogP contribution is -2.62. The van der Waals surface area contributed by atoms with Crippen molar-refractivity contribution in [2.45, 2.75) is 45.6 Å². The molecule has 0 radical (unpaired) electrons. The number of nitrogens with one attached hydrogen (secondary N) is 1. The number of rotatable bonds is 4. The molecule has 1 aromatic carbocycles. The number of ether oxygens (including phenoxy) is 3. The van der Waals surface area contributed by atoms with Crippen LogP contribution in [0.5, 0.6) is 11.5 Å². The number of β-lactam (4-membered cyclic amide) rings is 1. The van der Waals surface area contributed by atoms with E-state index in [0.717, 1.165) is 4.90 Å². The molecule has 2 aliphatic heterocycles. The van der Waals surface area contributed by atoms with E-state index < -0.39 is 36.3 Å². The smallest absolute Gasteiger partial charge is 0.464 e. The molecule has 2 aromatic rings. The summed E-state index contributed by atoms with van der Waals surface area (Å²) in [5.41, 5.74) is 1.72. The van der Waals surface area contributed by atoms with Crippen molar-refractivity contribution in [1.82, 2.24) is 15.2 Å². The summed E-state index contributed by atoms with van der Waals surface area (Å²) in [5.74, 6) is -1.42. The average molecular weight is 463 g/mol. The summed E-state index contributed by atoms with van der Waals surface area (Å²) in [7, 11) is 0. The lowest BCUT2D eigenvalue weighted by molar-refractivity contribution is -0.286. The molecule has 0 aliphatic carbocycles. The van der Waals surface area contributed by atoms with E-state index in [2.05, 4.69) is 19.8 Å². The molecule has 2 unspecified atom stereocenters. The summed E-state index contributed by atoms with van der Waals surface area (Å²) in [6.07, 6.45) is -0.255. The van der Waals surface area contributed by atoms with E-state index in [1.54, 1.807) is 26.2 Å². The zero-order valence-electron chi connectivity index (χ0n) is 18.2. The Bertz CT molecular complexity index is 1030. The summed E-state index contributed by atoms with van der Waals surface area (Å²) in [6, 6.07) is 5.67. The highest BCUT2D eigenvalue weighted by Gasteiger charge is 2.47. The molecule has 4 rings (SSSR count). The van der Waals surface area contributed by atoms with Gasteiger partial charge in [0.1, 0.15) is 6.04 Å². The van der Waals surface area contributed by atoms with Crippen LogP contribution in [0, 0.1) is 6.92 Å². The largest absolute Gasteiger partial charge is 0.586 e. The number of imide groups is 1. The van der Waals surface area contributed by atoms with Crippen molar-refractivity contribution in [3.8, 4) is 11.5 Å². The summed E-state index contributed by atoms with van der Waals surface area (Å²) in [4.78, 5) is 40.3. The molecule has 1 N–H and O–H groups in total. The van der Waals surface area contributed by atoms with Crippen molar-refractivity contribution < 1.29 is 37.4 Å². The van der Waals surface area contributed by atoms with Crippen molar-refractivity contribution in [3.63, 3.8) is 0 Å². The highest BCUT2D eigenvalue weighted by molar-refractivity contribution is 6.06. The van der Waals surface area contributed by atoms with Crippen LogP contribution in [0.2, 0.25) is 0 Å². The predicted molar refractivity (Wildman–Crippen MR) is 110 cm³/mol. The molecular weight excluding hydrogens is 440 g/mol. The van der Waals surface area contributed by atoms with E-state index in [-0.39, 0.29) is 24.5 Å². The third-order valence-corrected chi connectivity index (χ3v) is 4.84. The standard InChI is InChI=1S/C16H16F2N2O6.C6H7N/c1-3-24-14(22)10-7-13(21)20(10)15(23)19-8(2)9-4-5-11-12(6-9)26-16(17,18)25-11;1-6-2-4-7-5-3-6/h4-6,8,10H,3,7H2,1-2H3,(H,19,23);2-5H,1H3. The fourth-order valence-electron chi connectivity index (χ4n) is 3.10. The molecule has 1 saturated heterocycles. The number of halogens is 2. The summed E-state index contributed by atoms with van der Waals surface area (Å²) < 4.78 is 39.6. The molecule has 0 spiro atoms. The number of nitrogens with zero attached hydrogens (tertiary/aromatic N) is 2. The first-order valence-electron chi connectivity index (χ1n) is 10.2. The maximum absolute atomic E-state index is 13.1. The number of aromatic nitrogens is 1. The van der Waals surface area contributed by atoms with E-state index in [4.69, 9.17) is 4.74 Å². The van der Waals surface area contributed by atoms with Crippen molar-refractivity contribution in [3.05, 3.63) is 53.9 Å². The van der Waals surface area contributed by atoms with Gasteiger partial charge in [0, 0.05) is 12.4 Å². The Hall–Kier alpha value is -3.76. The molecule has 3 heterocycles. The first kappa shape index (κ1) is 23.9. The fraction of sp³-hybridized carbons (Fsp3) is 0.364. The Morgan fingerprint density at radius 2 is 1.91 bits per heavy atom. The Labute approximate surface area is 188 Å². The minimum atomic E-state index is -3.73. The maximum atomic E-state index is 13.1. The van der Waals surface area contributed by atoms with Gasteiger partial charge in [0.05, 0.1) is 19.1 Å². The number of urea groups is 1. The quantitative estimate of drug-likeness (QED) is 0.547. The van der Waals surface area contributed by atoms with E-state index in [0.29, 0.717) is 5.56 Å². The molecule has 176 valence electrons. The second-order valence-electron chi connectivity index (χ2n) is 7.31. The van der Waals surface area contributed by atoms with Crippen LogP contribution in [0.4, 0.5) is 13.6 Å². The van der Waals surface area contributed by atoms with E-state index in [1.165, 1.54) is 23.8 Å². The van der Waals surface area contributed by atoms with Gasteiger partial charge in [-0.05, 0) is 56.2 Å². The second-order valence-corrected chi connectivity index (χ2v) is 7.31. The zero-order chi connectivity index (χ0) is 24.2. The van der Waals surface area contributed by atoms with Crippen LogP contribution in [0.1, 0.15) is 37.4 Å². The third-order valence-electron chi connectivity index (χ3n) is 4.84. The fourth-order valence-corrected chi connectivity index (χ4v) is 3.10. The number of esters is 1. The number of carbonyl (C=O) groups excluding carboxylic acids is 3. The van der Waals surface area contributed by atoms with E-state index >= 15 is 0 Å². The first-order valence-corrected chi connectivity index (χ1v) is 10.2. The van der Waals surface area contributed by atoms with Crippen LogP contribution >= 0.6 is 0 Å². The molecular formula is C22H23F2N3O6. The lowest BCUT2D eigenvalue weighted by Gasteiger charge is -2.37. The van der Waals surface area contributed by atoms with Crippen LogP contribution in [-0.2, 0) is 14.3 Å². The topological polar surface area (TPSA) is 107 Å². The number of fused-ring (bicyclic) bond motifs is 1. The highest BCUT2D eigenvalue weighted by Crippen LogP contribution is 2.42. The molecule has 33 heavy (non-hydrogen) atoms. The Kier molecular flexibility index (Phi) is 7.10. The van der Waals surface area contributed by atoms with Crippen molar-refractivity contribution in [1.29, 1.82) is 0 Å². The summed E-state index contributed by atoms with van der Waals surface area (Å²) in [5, 5.41) is 2.54. The Morgan fingerprint density at radius 3 is 2.48 bits per heavy atom. The van der Waals surface area contributed by atoms with Crippen LogP contribution in [-0.4, -0.2) is 46.7 Å². The Morgan fingerprint density at radius 1 is 1.24 bits per heavy atom. The molecule has 1 fully saturated rings. The molecule has 3 amide bonds. The van der Waals surface area contributed by atoms with Gasteiger partial charge in [-0.3, -0.25) is 9.78 Å². The number of benzene rings is 1. The molecule has 11 heteroatoms. The number of alkyl halides is 2. The molecule has 2 atom stereocenters. The highest BCUT2D eigenvalue weighted by atomic mass is 19.3. The van der Waals surface area contributed by atoms with Crippen LogP contribution in [0.25, 0.3) is 0 Å². The minimum Gasteiger partial charge on any atom is -0.464 e. The van der Waals surface area contributed by atoms with Crippen LogP contribution < -0.4 is 14.8 Å². The third kappa shape index (κ3) is 5.73. The van der Waals surface area contributed by atoms with Gasteiger partial charge in [0.2, 0.25) is 5.91 Å². The molecule has 1 aromatic heterocycles. The number of hydrogen-bond acceptors (Lipinski definition) is 7. The van der Waals surface area contributed by atoms with Gasteiger partial charge in [-0.1, -0.05) is 6.07 Å². The van der Waals surface area contributed by atoms with Gasteiger partial charge in [-0.25, -0.2) is 14.5 Å². The number of likely N-dealkylation sites (tertiary alicyclic amines) is 1. The SMILES string of the molecule is CCOC(=O)C1CC(=O)N1C(=O)NC(C)c1ccc2c(c1)OC(F)(F)O2.Cc1ccncc1. The summed E-state index contributed by atoms with van der Waals surface area (Å²) >= 11 is 0. The number of amides is 3. The van der Waals surface area contributed by atoms with Gasteiger partial charge < -0.3 is 19.5 Å². The minimum absolute atomic E-state index is 0.0975. The lowest BCUT2D eigenvalue weighted by atomic mass is 10.0. The maximum Gasteiger partial charge on any atom is 0.586 e. The molecule has 2 aliphatic rings. The van der Waals surface area contributed by atoms with Crippen molar-refractivity contribution in [2.24, 2.45) is 0 Å². The first-order chi connectivity index (χ1) is 15.6. The Balaban J connectivity index is 0.000000374. The normalized spacial score (nSPS) is 18.4. The molecule has 0 bridgehead atoms. The molecule has 0 saturated carbocycles. The number of hydrogen-bond donors (Lipinski definition) is 1.